The molecule has 0 aliphatic carbocycles. The summed E-state index contributed by atoms with van der Waals surface area (Å²) >= 11 is 0. The molecule has 0 aliphatic heterocycles. The van der Waals surface area contributed by atoms with Crippen LogP contribution in [-0.2, 0) is 18.3 Å². The lowest BCUT2D eigenvalue weighted by molar-refractivity contribution is -0.121. The normalized spacial score (nSPS) is 12.3. The van der Waals surface area contributed by atoms with Gasteiger partial charge in [0.1, 0.15) is 0 Å². The van der Waals surface area contributed by atoms with E-state index in [0.717, 1.165) is 33.5 Å². The number of hydrogen-bond donors (Lipinski definition) is 1. The van der Waals surface area contributed by atoms with Gasteiger partial charge >= 0.3 is 0 Å². The first-order valence-electron chi connectivity index (χ1n) is 9.02. The molecule has 5 nitrogen and oxygen atoms in total. The third-order valence-corrected chi connectivity index (χ3v) is 5.01. The molecule has 0 aliphatic rings. The molecule has 0 saturated heterocycles. The highest BCUT2D eigenvalue weighted by Crippen LogP contribution is 2.26. The van der Waals surface area contributed by atoms with Crippen molar-refractivity contribution in [2.75, 3.05) is 0 Å². The van der Waals surface area contributed by atoms with E-state index in [-0.39, 0.29) is 11.9 Å². The third kappa shape index (κ3) is 3.47. The maximum Gasteiger partial charge on any atom is 0.220 e. The van der Waals surface area contributed by atoms with Gasteiger partial charge in [-0.3, -0.25) is 9.48 Å². The van der Waals surface area contributed by atoms with Crippen molar-refractivity contribution in [3.8, 4) is 0 Å². The van der Waals surface area contributed by atoms with Crippen LogP contribution >= 0.6 is 0 Å². The number of nitrogens with one attached hydrogen (secondary N) is 1. The molecule has 2 heterocycles. The van der Waals surface area contributed by atoms with Gasteiger partial charge in [0.15, 0.2) is 5.65 Å². The van der Waals surface area contributed by atoms with Crippen molar-refractivity contribution in [3.63, 3.8) is 0 Å². The summed E-state index contributed by atoms with van der Waals surface area (Å²) in [5, 5.41) is 8.66. The fourth-order valence-corrected chi connectivity index (χ4v) is 3.61. The smallest absolute Gasteiger partial charge is 0.220 e. The van der Waals surface area contributed by atoms with Crippen LogP contribution in [0.15, 0.2) is 30.3 Å². The van der Waals surface area contributed by atoms with E-state index in [1.54, 1.807) is 0 Å². The highest BCUT2D eigenvalue weighted by molar-refractivity contribution is 5.84. The Kier molecular flexibility index (Phi) is 5.07. The number of amides is 1. The SMILES string of the molecule is Cc1nc2c(c(C)nn2C)c(C)c1CCC(=O)N[C@H](C)c1ccccc1. The summed E-state index contributed by atoms with van der Waals surface area (Å²) in [6.45, 7) is 8.13. The summed E-state index contributed by atoms with van der Waals surface area (Å²) < 4.78 is 1.82. The molecule has 0 bridgehead atoms. The van der Waals surface area contributed by atoms with E-state index in [9.17, 15) is 4.79 Å². The second-order valence-corrected chi connectivity index (χ2v) is 6.91. The minimum Gasteiger partial charge on any atom is -0.350 e. The Morgan fingerprint density at radius 1 is 1.15 bits per heavy atom. The number of benzene rings is 1. The first-order chi connectivity index (χ1) is 12.4. The van der Waals surface area contributed by atoms with Gasteiger partial charge in [-0.2, -0.15) is 5.10 Å². The molecule has 1 amide bonds. The monoisotopic (exact) mass is 350 g/mol. The van der Waals surface area contributed by atoms with E-state index in [2.05, 4.69) is 17.3 Å². The Morgan fingerprint density at radius 3 is 2.54 bits per heavy atom. The van der Waals surface area contributed by atoms with Crippen LogP contribution in [0.3, 0.4) is 0 Å². The first-order valence-corrected chi connectivity index (χ1v) is 9.02. The van der Waals surface area contributed by atoms with Crippen LogP contribution in [0.5, 0.6) is 0 Å². The summed E-state index contributed by atoms with van der Waals surface area (Å²) in [6.07, 6.45) is 1.13. The molecule has 3 aromatic rings. The second kappa shape index (κ2) is 7.28. The fraction of sp³-hybridized carbons (Fsp3) is 0.381. The highest BCUT2D eigenvalue weighted by atomic mass is 16.1. The van der Waals surface area contributed by atoms with Gasteiger partial charge in [0.05, 0.1) is 11.7 Å². The largest absolute Gasteiger partial charge is 0.350 e. The lowest BCUT2D eigenvalue weighted by Crippen LogP contribution is -2.27. The first kappa shape index (κ1) is 18.1. The van der Waals surface area contributed by atoms with E-state index in [1.807, 2.05) is 62.8 Å². The topological polar surface area (TPSA) is 59.8 Å². The summed E-state index contributed by atoms with van der Waals surface area (Å²) in [5.74, 6) is 0.0585. The summed E-state index contributed by atoms with van der Waals surface area (Å²) in [7, 11) is 1.92. The number of fused-ring (bicyclic) bond motifs is 1. The zero-order valence-electron chi connectivity index (χ0n) is 16.1. The number of carbonyl (C=O) groups excluding carboxylic acids is 1. The van der Waals surface area contributed by atoms with Crippen LogP contribution in [0.4, 0.5) is 0 Å². The van der Waals surface area contributed by atoms with Crippen LogP contribution < -0.4 is 5.32 Å². The van der Waals surface area contributed by atoms with Crippen LogP contribution in [0, 0.1) is 20.8 Å². The summed E-state index contributed by atoms with van der Waals surface area (Å²) in [4.78, 5) is 17.1. The molecule has 0 radical (unpaired) electrons. The Bertz CT molecular complexity index is 944. The zero-order chi connectivity index (χ0) is 18.8. The van der Waals surface area contributed by atoms with Gasteiger partial charge < -0.3 is 5.32 Å². The minimum atomic E-state index is 0.00654. The van der Waals surface area contributed by atoms with Crippen LogP contribution in [0.1, 0.15) is 47.5 Å². The number of pyridine rings is 1. The van der Waals surface area contributed by atoms with Gasteiger partial charge in [-0.05, 0) is 50.8 Å². The maximum atomic E-state index is 12.4. The second-order valence-electron chi connectivity index (χ2n) is 6.91. The van der Waals surface area contributed by atoms with Crippen molar-refractivity contribution in [2.24, 2.45) is 7.05 Å². The van der Waals surface area contributed by atoms with E-state index in [0.29, 0.717) is 12.8 Å². The Labute approximate surface area is 154 Å². The van der Waals surface area contributed by atoms with Gasteiger partial charge in [-0.1, -0.05) is 30.3 Å². The molecule has 0 spiro atoms. The minimum absolute atomic E-state index is 0.00654. The van der Waals surface area contributed by atoms with Crippen LogP contribution in [-0.4, -0.2) is 20.7 Å². The van der Waals surface area contributed by atoms with Crippen molar-refractivity contribution >= 4 is 16.9 Å². The average molecular weight is 350 g/mol. The van der Waals surface area contributed by atoms with Crippen molar-refractivity contribution in [1.82, 2.24) is 20.1 Å². The number of rotatable bonds is 5. The molecule has 26 heavy (non-hydrogen) atoms. The molecule has 5 heteroatoms. The Morgan fingerprint density at radius 2 is 1.85 bits per heavy atom. The quantitative estimate of drug-likeness (QED) is 0.763. The molecular weight excluding hydrogens is 324 g/mol. The molecular formula is C21H26N4O. The van der Waals surface area contributed by atoms with E-state index >= 15 is 0 Å². The predicted molar refractivity (Wildman–Crippen MR) is 104 cm³/mol. The molecule has 0 saturated carbocycles. The fourth-order valence-electron chi connectivity index (χ4n) is 3.61. The molecule has 2 aromatic heterocycles. The van der Waals surface area contributed by atoms with Gasteiger partial charge in [0.25, 0.3) is 0 Å². The lowest BCUT2D eigenvalue weighted by Gasteiger charge is -2.15. The van der Waals surface area contributed by atoms with Gasteiger partial charge in [0, 0.05) is 24.5 Å². The van der Waals surface area contributed by atoms with Gasteiger partial charge in [0.2, 0.25) is 5.91 Å². The Balaban J connectivity index is 1.73. The number of aromatic nitrogens is 3. The maximum absolute atomic E-state index is 12.4. The summed E-state index contributed by atoms with van der Waals surface area (Å²) in [5.41, 5.74) is 6.31. The number of nitrogens with zero attached hydrogens (tertiary/aromatic N) is 3. The molecule has 1 aromatic carbocycles. The van der Waals surface area contributed by atoms with Crippen molar-refractivity contribution in [2.45, 2.75) is 46.6 Å². The van der Waals surface area contributed by atoms with Crippen molar-refractivity contribution < 1.29 is 4.79 Å². The predicted octanol–water partition coefficient (Wildman–Crippen LogP) is 3.70. The zero-order valence-corrected chi connectivity index (χ0v) is 16.1. The van der Waals surface area contributed by atoms with Crippen molar-refractivity contribution in [3.05, 3.63) is 58.4 Å². The van der Waals surface area contributed by atoms with Gasteiger partial charge in [-0.25, -0.2) is 4.98 Å². The molecule has 136 valence electrons. The number of hydrogen-bond acceptors (Lipinski definition) is 3. The van der Waals surface area contributed by atoms with E-state index in [4.69, 9.17) is 4.98 Å². The lowest BCUT2D eigenvalue weighted by atomic mass is 9.99. The van der Waals surface area contributed by atoms with E-state index in [1.165, 1.54) is 5.56 Å². The Hall–Kier alpha value is -2.69. The average Bonchev–Trinajstić information content (AvgIpc) is 2.89. The van der Waals surface area contributed by atoms with Crippen LogP contribution in [0.2, 0.25) is 0 Å². The highest BCUT2D eigenvalue weighted by Gasteiger charge is 2.16. The molecule has 1 N–H and O–H groups in total. The number of aryl methyl sites for hydroxylation is 4. The standard InChI is InChI=1S/C21H26N4O/c1-13-18(15(3)23-21-20(13)16(4)24-25(21)5)11-12-19(26)22-14(2)17-9-7-6-8-10-17/h6-10,14H,11-12H2,1-5H3,(H,22,26)/t14-/m1/s1. The van der Waals surface area contributed by atoms with Crippen molar-refractivity contribution in [1.29, 1.82) is 0 Å². The van der Waals surface area contributed by atoms with Gasteiger partial charge in [-0.15, -0.1) is 0 Å². The molecule has 0 unspecified atom stereocenters. The van der Waals surface area contributed by atoms with Crippen LogP contribution in [0.25, 0.3) is 11.0 Å². The molecule has 0 fully saturated rings. The third-order valence-electron chi connectivity index (χ3n) is 5.01. The van der Waals surface area contributed by atoms with E-state index < -0.39 is 0 Å². The summed E-state index contributed by atoms with van der Waals surface area (Å²) in [6, 6.07) is 10.0. The number of carbonyl (C=O) groups is 1. The molecule has 1 atom stereocenters. The molecule has 3 rings (SSSR count).